The van der Waals surface area contributed by atoms with E-state index >= 15 is 0 Å². The van der Waals surface area contributed by atoms with Crippen LogP contribution in [0.1, 0.15) is 26.7 Å². The highest BCUT2D eigenvalue weighted by Gasteiger charge is 2.48. The predicted molar refractivity (Wildman–Crippen MR) is 76.7 cm³/mol. The maximum absolute atomic E-state index is 12.2. The van der Waals surface area contributed by atoms with E-state index in [4.69, 9.17) is 9.47 Å². The van der Waals surface area contributed by atoms with Gasteiger partial charge in [0.1, 0.15) is 0 Å². The molecule has 0 aromatic carbocycles. The number of ether oxygens (including phenoxy) is 2. The Balaban J connectivity index is 5.53. The van der Waals surface area contributed by atoms with E-state index in [1.807, 2.05) is 0 Å². The third-order valence-corrected chi connectivity index (χ3v) is 2.70. The Bertz CT molecular complexity index is 370. The molecule has 0 amide bonds. The molecule has 0 atom stereocenters. The van der Waals surface area contributed by atoms with Crippen LogP contribution < -0.4 is 0 Å². The highest BCUT2D eigenvalue weighted by Crippen LogP contribution is 2.35. The summed E-state index contributed by atoms with van der Waals surface area (Å²) < 4.78 is 10.5. The highest BCUT2D eigenvalue weighted by molar-refractivity contribution is 9.11. The molecule has 0 saturated carbocycles. The second kappa shape index (κ2) is 8.73. The van der Waals surface area contributed by atoms with Gasteiger partial charge in [-0.15, -0.1) is 5.73 Å². The van der Waals surface area contributed by atoms with E-state index in [9.17, 15) is 9.59 Å². The summed E-state index contributed by atoms with van der Waals surface area (Å²) >= 11 is 3.18. The fourth-order valence-electron chi connectivity index (χ4n) is 1.58. The minimum atomic E-state index is -1.43. The maximum Gasteiger partial charge on any atom is 0.324 e. The van der Waals surface area contributed by atoms with Gasteiger partial charge in [0.25, 0.3) is 0 Å². The van der Waals surface area contributed by atoms with Crippen molar-refractivity contribution in [2.24, 2.45) is 5.41 Å². The van der Waals surface area contributed by atoms with Gasteiger partial charge in [0.2, 0.25) is 0 Å². The molecule has 0 aliphatic carbocycles. The van der Waals surface area contributed by atoms with E-state index in [-0.39, 0.29) is 26.1 Å². The van der Waals surface area contributed by atoms with Gasteiger partial charge in [-0.05, 0) is 30.8 Å². The number of hydrogen-bond donors (Lipinski definition) is 0. The molecule has 0 heterocycles. The van der Waals surface area contributed by atoms with Gasteiger partial charge < -0.3 is 9.47 Å². The lowest BCUT2D eigenvalue weighted by atomic mass is 9.81. The van der Waals surface area contributed by atoms with Crippen molar-refractivity contribution in [1.29, 1.82) is 0 Å². The Morgan fingerprint density at radius 2 is 1.74 bits per heavy atom. The van der Waals surface area contributed by atoms with Crippen molar-refractivity contribution in [2.75, 3.05) is 13.2 Å². The number of esters is 2. The normalized spacial score (nSPS) is 10.3. The quantitative estimate of drug-likeness (QED) is 0.390. The molecule has 106 valence electrons. The molecule has 0 aromatic rings. The molecule has 0 bridgehead atoms. The summed E-state index contributed by atoms with van der Waals surface area (Å²) in [4.78, 5) is 24.3. The molecular weight excluding hydrogens is 312 g/mol. The summed E-state index contributed by atoms with van der Waals surface area (Å²) in [6.45, 7) is 10.9. The molecule has 19 heavy (non-hydrogen) atoms. The lowest BCUT2D eigenvalue weighted by Crippen LogP contribution is -2.42. The summed E-state index contributed by atoms with van der Waals surface area (Å²) in [5.74, 6) is -1.25. The molecule has 0 saturated heterocycles. The molecule has 0 rings (SSSR count). The minimum Gasteiger partial charge on any atom is -0.465 e. The lowest BCUT2D eigenvalue weighted by molar-refractivity contribution is -0.171. The average molecular weight is 331 g/mol. The summed E-state index contributed by atoms with van der Waals surface area (Å²) in [6, 6.07) is 0. The Hall–Kier alpha value is -1.32. The van der Waals surface area contributed by atoms with Gasteiger partial charge in [0.15, 0.2) is 5.41 Å². The van der Waals surface area contributed by atoms with Crippen LogP contribution in [0.15, 0.2) is 29.4 Å². The van der Waals surface area contributed by atoms with Crippen LogP contribution in [0.5, 0.6) is 0 Å². The number of hydrogen-bond acceptors (Lipinski definition) is 4. The number of carbonyl (C=O) groups excluding carboxylic acids is 2. The average Bonchev–Trinajstić information content (AvgIpc) is 2.34. The van der Waals surface area contributed by atoms with Crippen LogP contribution in [0.4, 0.5) is 0 Å². The van der Waals surface area contributed by atoms with Crippen LogP contribution in [0.3, 0.4) is 0 Å². The molecule has 5 heteroatoms. The first kappa shape index (κ1) is 17.7. The van der Waals surface area contributed by atoms with Gasteiger partial charge >= 0.3 is 11.9 Å². The van der Waals surface area contributed by atoms with Gasteiger partial charge in [0, 0.05) is 6.42 Å². The van der Waals surface area contributed by atoms with Crippen molar-refractivity contribution in [1.82, 2.24) is 0 Å². The molecule has 0 aliphatic heterocycles. The smallest absolute Gasteiger partial charge is 0.324 e. The Morgan fingerprint density at radius 1 is 1.26 bits per heavy atom. The van der Waals surface area contributed by atoms with Gasteiger partial charge in [-0.25, -0.2) is 0 Å². The third kappa shape index (κ3) is 5.05. The molecule has 0 radical (unpaired) electrons. The Kier molecular flexibility index (Phi) is 8.12. The standard InChI is InChI=1S/C14H19BrO4/c1-5-8-9-14(10-11(4)15,12(16)18-6-2)13(17)19-7-3/h8H,1,4,6-7,9-10H2,2-3H3. The molecule has 0 spiro atoms. The summed E-state index contributed by atoms with van der Waals surface area (Å²) in [5.41, 5.74) is 1.12. The van der Waals surface area contributed by atoms with Crippen LogP contribution in [0.2, 0.25) is 0 Å². The lowest BCUT2D eigenvalue weighted by Gasteiger charge is -2.27. The molecule has 4 nitrogen and oxygen atoms in total. The van der Waals surface area contributed by atoms with Crippen LogP contribution in [0.25, 0.3) is 0 Å². The monoisotopic (exact) mass is 330 g/mol. The molecule has 0 fully saturated rings. The number of allylic oxidation sites excluding steroid dienone is 2. The highest BCUT2D eigenvalue weighted by atomic mass is 79.9. The topological polar surface area (TPSA) is 52.6 Å². The van der Waals surface area contributed by atoms with Crippen LogP contribution in [-0.4, -0.2) is 25.2 Å². The molecular formula is C14H19BrO4. The van der Waals surface area contributed by atoms with Gasteiger partial charge in [-0.2, -0.15) is 0 Å². The Morgan fingerprint density at radius 3 is 2.05 bits per heavy atom. The van der Waals surface area contributed by atoms with Crippen LogP contribution >= 0.6 is 15.9 Å². The van der Waals surface area contributed by atoms with Crippen molar-refractivity contribution in [3.05, 3.63) is 29.4 Å². The summed E-state index contributed by atoms with van der Waals surface area (Å²) in [7, 11) is 0. The van der Waals surface area contributed by atoms with Crippen molar-refractivity contribution in [2.45, 2.75) is 26.7 Å². The van der Waals surface area contributed by atoms with Crippen molar-refractivity contribution in [3.8, 4) is 0 Å². The summed E-state index contributed by atoms with van der Waals surface area (Å²) in [6.07, 6.45) is 1.73. The third-order valence-electron chi connectivity index (χ3n) is 2.42. The predicted octanol–water partition coefficient (Wildman–Crippen LogP) is 3.13. The maximum atomic E-state index is 12.2. The van der Waals surface area contributed by atoms with E-state index in [0.29, 0.717) is 4.48 Å². The first-order chi connectivity index (χ1) is 8.94. The minimum absolute atomic E-state index is 0.100. The van der Waals surface area contributed by atoms with Gasteiger partial charge in [-0.3, -0.25) is 9.59 Å². The molecule has 0 aliphatic rings. The van der Waals surface area contributed by atoms with Crippen LogP contribution in [-0.2, 0) is 19.1 Å². The zero-order chi connectivity index (χ0) is 14.9. The second-order valence-corrected chi connectivity index (χ2v) is 4.95. The van der Waals surface area contributed by atoms with E-state index in [1.54, 1.807) is 13.8 Å². The van der Waals surface area contributed by atoms with Gasteiger partial charge in [-0.1, -0.05) is 29.1 Å². The van der Waals surface area contributed by atoms with E-state index in [2.05, 4.69) is 34.8 Å². The van der Waals surface area contributed by atoms with Crippen molar-refractivity contribution in [3.63, 3.8) is 0 Å². The van der Waals surface area contributed by atoms with Gasteiger partial charge in [0.05, 0.1) is 13.2 Å². The fourth-order valence-corrected chi connectivity index (χ4v) is 2.06. The van der Waals surface area contributed by atoms with E-state index in [0.717, 1.165) is 0 Å². The molecule has 0 aromatic heterocycles. The van der Waals surface area contributed by atoms with Crippen molar-refractivity contribution >= 4 is 27.9 Å². The zero-order valence-electron chi connectivity index (χ0n) is 11.3. The number of carbonyl (C=O) groups is 2. The molecule has 0 N–H and O–H groups in total. The first-order valence-electron chi connectivity index (χ1n) is 5.96. The van der Waals surface area contributed by atoms with E-state index in [1.165, 1.54) is 6.08 Å². The fraction of sp³-hybridized carbons (Fsp3) is 0.500. The summed E-state index contributed by atoms with van der Waals surface area (Å²) in [5, 5.41) is 0. The van der Waals surface area contributed by atoms with Crippen molar-refractivity contribution < 1.29 is 19.1 Å². The van der Waals surface area contributed by atoms with Crippen LogP contribution in [0, 0.1) is 5.41 Å². The first-order valence-corrected chi connectivity index (χ1v) is 6.75. The van der Waals surface area contributed by atoms with E-state index < -0.39 is 17.4 Å². The number of rotatable bonds is 8. The second-order valence-electron chi connectivity index (χ2n) is 3.83. The largest absolute Gasteiger partial charge is 0.465 e. The Labute approximate surface area is 122 Å². The zero-order valence-corrected chi connectivity index (χ0v) is 12.9. The number of halogens is 1. The molecule has 0 unspecified atom stereocenters. The SMILES string of the molecule is C=C=CCC(CC(=C)Br)(C(=O)OCC)C(=O)OCC.